The molecule has 1 saturated heterocycles. The predicted molar refractivity (Wildman–Crippen MR) is 99.4 cm³/mol. The molecule has 3 heterocycles. The first-order chi connectivity index (χ1) is 12.6. The summed E-state index contributed by atoms with van der Waals surface area (Å²) in [6, 6.07) is 8.63. The van der Waals surface area contributed by atoms with Crippen molar-refractivity contribution in [2.75, 3.05) is 32.8 Å². The van der Waals surface area contributed by atoms with Crippen molar-refractivity contribution in [1.29, 1.82) is 0 Å². The van der Waals surface area contributed by atoms with Crippen LogP contribution in [0.4, 0.5) is 0 Å². The van der Waals surface area contributed by atoms with Gasteiger partial charge in [0.1, 0.15) is 0 Å². The minimum atomic E-state index is 0.0307. The fraction of sp³-hybridized carbons (Fsp3) is 0.500. The molecule has 1 aromatic heterocycles. The zero-order valence-corrected chi connectivity index (χ0v) is 15.6. The topological polar surface area (TPSA) is 50.6 Å². The van der Waals surface area contributed by atoms with E-state index in [2.05, 4.69) is 41.2 Å². The first-order valence-corrected chi connectivity index (χ1v) is 9.39. The smallest absolute Gasteiger partial charge is 0.274 e. The maximum atomic E-state index is 12.9. The predicted octanol–water partition coefficient (Wildman–Crippen LogP) is 2.24. The molecule has 0 atom stereocenters. The van der Waals surface area contributed by atoms with E-state index in [1.807, 2.05) is 16.5 Å². The Morgan fingerprint density at radius 2 is 1.96 bits per heavy atom. The summed E-state index contributed by atoms with van der Waals surface area (Å²) in [7, 11) is 0. The number of carbonyl (C=O) groups is 1. The second-order valence-corrected chi connectivity index (χ2v) is 7.26. The number of rotatable bonds is 3. The highest BCUT2D eigenvalue weighted by atomic mass is 16.5. The number of nitrogens with zero attached hydrogens (tertiary/aromatic N) is 4. The van der Waals surface area contributed by atoms with Gasteiger partial charge in [0.05, 0.1) is 6.61 Å². The van der Waals surface area contributed by atoms with Gasteiger partial charge in [0.25, 0.3) is 5.91 Å². The van der Waals surface area contributed by atoms with Crippen LogP contribution < -0.4 is 4.74 Å². The molecule has 4 rings (SSSR count). The molecular formula is C20H26N4O2. The number of piperazine rings is 1. The summed E-state index contributed by atoms with van der Waals surface area (Å²) in [6.45, 7) is 9.80. The standard InChI is InChI=1S/C20H26N4O2/c1-15-5-3-6-17(13-15)14-22-8-10-23(11-9-22)19(25)18-16(2)20-24(21-18)7-4-12-26-20/h3,5-6,13H,4,7-12,14H2,1-2H3. The van der Waals surface area contributed by atoms with Crippen molar-refractivity contribution < 1.29 is 9.53 Å². The van der Waals surface area contributed by atoms with Gasteiger partial charge < -0.3 is 9.64 Å². The molecule has 0 N–H and O–H groups in total. The lowest BCUT2D eigenvalue weighted by Gasteiger charge is -2.34. The van der Waals surface area contributed by atoms with Crippen LogP contribution in [0.15, 0.2) is 24.3 Å². The summed E-state index contributed by atoms with van der Waals surface area (Å²) in [5.74, 6) is 0.792. The molecule has 0 aliphatic carbocycles. The second-order valence-electron chi connectivity index (χ2n) is 7.26. The summed E-state index contributed by atoms with van der Waals surface area (Å²) >= 11 is 0. The number of aryl methyl sites for hydroxylation is 2. The summed E-state index contributed by atoms with van der Waals surface area (Å²) in [4.78, 5) is 17.3. The Kier molecular flexibility index (Phi) is 4.68. The van der Waals surface area contributed by atoms with Crippen molar-refractivity contribution in [2.45, 2.75) is 33.4 Å². The van der Waals surface area contributed by atoms with E-state index < -0.39 is 0 Å². The van der Waals surface area contributed by atoms with Crippen molar-refractivity contribution >= 4 is 5.91 Å². The number of benzene rings is 1. The van der Waals surface area contributed by atoms with Crippen molar-refractivity contribution in [3.8, 4) is 5.88 Å². The molecule has 1 amide bonds. The summed E-state index contributed by atoms with van der Waals surface area (Å²) in [5.41, 5.74) is 4.04. The molecule has 0 radical (unpaired) electrons. The largest absolute Gasteiger partial charge is 0.478 e. The van der Waals surface area contributed by atoms with E-state index in [9.17, 15) is 4.79 Å². The first kappa shape index (κ1) is 17.1. The Morgan fingerprint density at radius 1 is 1.15 bits per heavy atom. The Labute approximate surface area is 154 Å². The van der Waals surface area contributed by atoms with E-state index in [0.717, 1.165) is 57.1 Å². The number of amides is 1. The molecule has 2 aromatic rings. The highest BCUT2D eigenvalue weighted by Gasteiger charge is 2.28. The molecule has 6 heteroatoms. The second kappa shape index (κ2) is 7.11. The Bertz CT molecular complexity index is 806. The third kappa shape index (κ3) is 3.33. The molecule has 6 nitrogen and oxygen atoms in total. The lowest BCUT2D eigenvalue weighted by molar-refractivity contribution is 0.0621. The average Bonchev–Trinajstić information content (AvgIpc) is 2.99. The lowest BCUT2D eigenvalue weighted by Crippen LogP contribution is -2.48. The van der Waals surface area contributed by atoms with Crippen LogP contribution >= 0.6 is 0 Å². The Balaban J connectivity index is 1.39. The van der Waals surface area contributed by atoms with Gasteiger partial charge in [-0.3, -0.25) is 9.69 Å². The molecule has 1 aromatic carbocycles. The number of fused-ring (bicyclic) bond motifs is 1. The van der Waals surface area contributed by atoms with E-state index in [1.54, 1.807) is 0 Å². The van der Waals surface area contributed by atoms with Gasteiger partial charge in [0.15, 0.2) is 5.69 Å². The minimum Gasteiger partial charge on any atom is -0.478 e. The van der Waals surface area contributed by atoms with Gasteiger partial charge in [-0.1, -0.05) is 29.8 Å². The molecule has 2 aliphatic heterocycles. The molecule has 138 valence electrons. The summed E-state index contributed by atoms with van der Waals surface area (Å²) in [5, 5.41) is 4.51. The number of aromatic nitrogens is 2. The Morgan fingerprint density at radius 3 is 2.69 bits per heavy atom. The van der Waals surface area contributed by atoms with Gasteiger partial charge in [0, 0.05) is 51.3 Å². The summed E-state index contributed by atoms with van der Waals surface area (Å²) in [6.07, 6.45) is 0.944. The fourth-order valence-corrected chi connectivity index (χ4v) is 3.78. The van der Waals surface area contributed by atoms with Gasteiger partial charge in [-0.05, 0) is 19.4 Å². The van der Waals surface area contributed by atoms with Crippen LogP contribution in [0.5, 0.6) is 5.88 Å². The molecule has 0 saturated carbocycles. The number of hydrogen-bond acceptors (Lipinski definition) is 4. The van der Waals surface area contributed by atoms with E-state index in [0.29, 0.717) is 12.3 Å². The SMILES string of the molecule is Cc1cccc(CN2CCN(C(=O)c3nn4c(c3C)OCCC4)CC2)c1. The fourth-order valence-electron chi connectivity index (χ4n) is 3.78. The van der Waals surface area contributed by atoms with Gasteiger partial charge in [-0.2, -0.15) is 5.10 Å². The highest BCUT2D eigenvalue weighted by Crippen LogP contribution is 2.26. The van der Waals surface area contributed by atoms with Crippen LogP contribution in [0.2, 0.25) is 0 Å². The zero-order chi connectivity index (χ0) is 18.1. The molecule has 0 unspecified atom stereocenters. The average molecular weight is 354 g/mol. The molecule has 0 bridgehead atoms. The van der Waals surface area contributed by atoms with Crippen molar-refractivity contribution in [3.63, 3.8) is 0 Å². The zero-order valence-electron chi connectivity index (χ0n) is 15.6. The number of hydrogen-bond donors (Lipinski definition) is 0. The highest BCUT2D eigenvalue weighted by molar-refractivity contribution is 5.94. The van der Waals surface area contributed by atoms with Crippen molar-refractivity contribution in [3.05, 3.63) is 46.6 Å². The lowest BCUT2D eigenvalue weighted by atomic mass is 10.1. The van der Waals surface area contributed by atoms with Crippen LogP contribution in [0.3, 0.4) is 0 Å². The van der Waals surface area contributed by atoms with Gasteiger partial charge in [0.2, 0.25) is 5.88 Å². The van der Waals surface area contributed by atoms with Crippen LogP contribution in [-0.4, -0.2) is 58.3 Å². The third-order valence-corrected chi connectivity index (χ3v) is 5.23. The molecule has 0 spiro atoms. The first-order valence-electron chi connectivity index (χ1n) is 9.39. The molecular weight excluding hydrogens is 328 g/mol. The molecule has 26 heavy (non-hydrogen) atoms. The molecule has 2 aliphatic rings. The van der Waals surface area contributed by atoms with E-state index >= 15 is 0 Å². The van der Waals surface area contributed by atoms with Crippen LogP contribution in [-0.2, 0) is 13.1 Å². The number of ether oxygens (including phenoxy) is 1. The van der Waals surface area contributed by atoms with Crippen LogP contribution in [0, 0.1) is 13.8 Å². The third-order valence-electron chi connectivity index (χ3n) is 5.23. The van der Waals surface area contributed by atoms with E-state index in [-0.39, 0.29) is 5.91 Å². The number of carbonyl (C=O) groups excluding carboxylic acids is 1. The van der Waals surface area contributed by atoms with E-state index in [4.69, 9.17) is 4.74 Å². The van der Waals surface area contributed by atoms with Gasteiger partial charge in [-0.25, -0.2) is 4.68 Å². The van der Waals surface area contributed by atoms with E-state index in [1.165, 1.54) is 11.1 Å². The van der Waals surface area contributed by atoms with Gasteiger partial charge >= 0.3 is 0 Å². The monoisotopic (exact) mass is 354 g/mol. The normalized spacial score (nSPS) is 17.7. The Hall–Kier alpha value is -2.34. The quantitative estimate of drug-likeness (QED) is 0.848. The summed E-state index contributed by atoms with van der Waals surface area (Å²) < 4.78 is 7.52. The minimum absolute atomic E-state index is 0.0307. The van der Waals surface area contributed by atoms with Crippen LogP contribution in [0.1, 0.15) is 33.6 Å². The van der Waals surface area contributed by atoms with Crippen molar-refractivity contribution in [2.24, 2.45) is 0 Å². The maximum Gasteiger partial charge on any atom is 0.274 e. The van der Waals surface area contributed by atoms with Crippen molar-refractivity contribution in [1.82, 2.24) is 19.6 Å². The maximum absolute atomic E-state index is 12.9. The van der Waals surface area contributed by atoms with Gasteiger partial charge in [-0.15, -0.1) is 0 Å². The van der Waals surface area contributed by atoms with Crippen LogP contribution in [0.25, 0.3) is 0 Å². The molecule has 1 fully saturated rings.